The number of benzene rings is 1. The summed E-state index contributed by atoms with van der Waals surface area (Å²) in [6.07, 6.45) is 1.49. The first kappa shape index (κ1) is 17.8. The average molecular weight is 317 g/mol. The van der Waals surface area contributed by atoms with Gasteiger partial charge in [0.1, 0.15) is 0 Å². The minimum atomic E-state index is -0.154. The number of nitrogens with zero attached hydrogens (tertiary/aromatic N) is 2. The van der Waals surface area contributed by atoms with Crippen molar-refractivity contribution in [3.8, 4) is 0 Å². The number of hydrogen-bond donors (Lipinski definition) is 2. The second-order valence-electron chi connectivity index (χ2n) is 7.34. The number of likely N-dealkylation sites (tertiary alicyclic amines) is 1. The molecule has 2 rings (SSSR count). The van der Waals surface area contributed by atoms with Crippen LogP contribution in [0.1, 0.15) is 51.7 Å². The van der Waals surface area contributed by atoms with E-state index in [9.17, 15) is 5.11 Å². The van der Waals surface area contributed by atoms with Crippen molar-refractivity contribution < 1.29 is 5.11 Å². The Balaban J connectivity index is 2.02. The predicted molar refractivity (Wildman–Crippen MR) is 96.8 cm³/mol. The lowest BCUT2D eigenvalue weighted by molar-refractivity contribution is 0.108. The molecule has 0 spiro atoms. The standard InChI is InChI=1S/C19H31N3O/c1-5-20-18(22-12-10-17(23)11-13-22)21-14-15-6-8-16(9-7-15)19(2,3)4/h6-9,17,23H,5,10-14H2,1-4H3,(H,20,21). The van der Waals surface area contributed by atoms with Gasteiger partial charge in [-0.05, 0) is 36.3 Å². The molecule has 0 aliphatic carbocycles. The number of rotatable bonds is 3. The topological polar surface area (TPSA) is 47.9 Å². The first-order valence-corrected chi connectivity index (χ1v) is 8.71. The highest BCUT2D eigenvalue weighted by molar-refractivity contribution is 5.80. The van der Waals surface area contributed by atoms with Crippen molar-refractivity contribution in [3.63, 3.8) is 0 Å². The molecule has 1 aromatic carbocycles. The molecule has 1 fully saturated rings. The van der Waals surface area contributed by atoms with Crippen molar-refractivity contribution in [1.82, 2.24) is 10.2 Å². The van der Waals surface area contributed by atoms with Crippen molar-refractivity contribution in [1.29, 1.82) is 0 Å². The highest BCUT2D eigenvalue weighted by Crippen LogP contribution is 2.22. The number of guanidine groups is 1. The van der Waals surface area contributed by atoms with Crippen LogP contribution in [0.25, 0.3) is 0 Å². The molecule has 0 bridgehead atoms. The first-order valence-electron chi connectivity index (χ1n) is 8.71. The summed E-state index contributed by atoms with van der Waals surface area (Å²) in [4.78, 5) is 7.02. The van der Waals surface area contributed by atoms with Gasteiger partial charge in [-0.2, -0.15) is 0 Å². The second kappa shape index (κ2) is 7.82. The van der Waals surface area contributed by atoms with Crippen LogP contribution in [0.3, 0.4) is 0 Å². The van der Waals surface area contributed by atoms with Crippen molar-refractivity contribution >= 4 is 5.96 Å². The molecule has 0 aromatic heterocycles. The van der Waals surface area contributed by atoms with Crippen LogP contribution >= 0.6 is 0 Å². The first-order chi connectivity index (χ1) is 10.9. The molecule has 4 nitrogen and oxygen atoms in total. The fourth-order valence-corrected chi connectivity index (χ4v) is 2.78. The Labute approximate surface area is 140 Å². The number of hydrogen-bond acceptors (Lipinski definition) is 2. The Kier molecular flexibility index (Phi) is 6.05. The van der Waals surface area contributed by atoms with Crippen LogP contribution in [-0.2, 0) is 12.0 Å². The Morgan fingerprint density at radius 3 is 2.35 bits per heavy atom. The van der Waals surface area contributed by atoms with Gasteiger partial charge < -0.3 is 15.3 Å². The van der Waals surface area contributed by atoms with Gasteiger partial charge in [0.05, 0.1) is 12.6 Å². The maximum absolute atomic E-state index is 9.65. The highest BCUT2D eigenvalue weighted by atomic mass is 16.3. The average Bonchev–Trinajstić information content (AvgIpc) is 2.52. The van der Waals surface area contributed by atoms with Gasteiger partial charge in [0, 0.05) is 19.6 Å². The van der Waals surface area contributed by atoms with Crippen LogP contribution < -0.4 is 5.32 Å². The van der Waals surface area contributed by atoms with Crippen LogP contribution in [0.2, 0.25) is 0 Å². The third-order valence-electron chi connectivity index (χ3n) is 4.33. The quantitative estimate of drug-likeness (QED) is 0.666. The highest BCUT2D eigenvalue weighted by Gasteiger charge is 2.19. The van der Waals surface area contributed by atoms with Crippen LogP contribution in [0.4, 0.5) is 0 Å². The normalized spacial score (nSPS) is 17.4. The molecule has 2 N–H and O–H groups in total. The lowest BCUT2D eigenvalue weighted by Crippen LogP contribution is -2.46. The largest absolute Gasteiger partial charge is 0.393 e. The molecule has 0 saturated carbocycles. The van der Waals surface area contributed by atoms with Crippen LogP contribution in [-0.4, -0.2) is 41.7 Å². The van der Waals surface area contributed by atoms with Gasteiger partial charge in [0.15, 0.2) is 5.96 Å². The summed E-state index contributed by atoms with van der Waals surface area (Å²) in [5.41, 5.74) is 2.76. The molecule has 1 heterocycles. The van der Waals surface area contributed by atoms with Gasteiger partial charge in [-0.1, -0.05) is 45.0 Å². The zero-order valence-electron chi connectivity index (χ0n) is 15.0. The fraction of sp³-hybridized carbons (Fsp3) is 0.632. The smallest absolute Gasteiger partial charge is 0.194 e. The molecule has 1 aromatic rings. The molecule has 23 heavy (non-hydrogen) atoms. The molecule has 0 radical (unpaired) electrons. The molecule has 1 saturated heterocycles. The van der Waals surface area contributed by atoms with Gasteiger partial charge in [-0.3, -0.25) is 0 Å². The Bertz CT molecular complexity index is 508. The van der Waals surface area contributed by atoms with Crippen LogP contribution in [0.15, 0.2) is 29.3 Å². The predicted octanol–water partition coefficient (Wildman–Crippen LogP) is 2.91. The van der Waals surface area contributed by atoms with Gasteiger partial charge in [0.2, 0.25) is 0 Å². The molecule has 0 atom stereocenters. The van der Waals surface area contributed by atoms with E-state index in [0.717, 1.165) is 38.4 Å². The van der Waals surface area contributed by atoms with Crippen molar-refractivity contribution in [3.05, 3.63) is 35.4 Å². The molecule has 1 aliphatic rings. The number of aliphatic imine (C=N–C) groups is 1. The van der Waals surface area contributed by atoms with Crippen LogP contribution in [0.5, 0.6) is 0 Å². The van der Waals surface area contributed by atoms with E-state index in [4.69, 9.17) is 4.99 Å². The number of aliphatic hydroxyl groups excluding tert-OH is 1. The summed E-state index contributed by atoms with van der Waals surface area (Å²) < 4.78 is 0. The van der Waals surface area contributed by atoms with E-state index in [1.54, 1.807) is 0 Å². The second-order valence-corrected chi connectivity index (χ2v) is 7.34. The molecular formula is C19H31N3O. The summed E-state index contributed by atoms with van der Waals surface area (Å²) in [7, 11) is 0. The van der Waals surface area contributed by atoms with E-state index in [0.29, 0.717) is 6.54 Å². The Morgan fingerprint density at radius 1 is 1.22 bits per heavy atom. The van der Waals surface area contributed by atoms with E-state index in [1.807, 2.05) is 0 Å². The van der Waals surface area contributed by atoms with Gasteiger partial charge in [-0.15, -0.1) is 0 Å². The number of aliphatic hydroxyl groups is 1. The Hall–Kier alpha value is -1.55. The van der Waals surface area contributed by atoms with Gasteiger partial charge >= 0.3 is 0 Å². The SMILES string of the molecule is CCNC(=NCc1ccc(C(C)(C)C)cc1)N1CCC(O)CC1. The zero-order valence-corrected chi connectivity index (χ0v) is 15.0. The molecule has 1 aliphatic heterocycles. The Morgan fingerprint density at radius 2 is 1.83 bits per heavy atom. The van der Waals surface area contributed by atoms with E-state index in [-0.39, 0.29) is 11.5 Å². The molecule has 4 heteroatoms. The van der Waals surface area contributed by atoms with E-state index in [1.165, 1.54) is 11.1 Å². The van der Waals surface area contributed by atoms with Crippen molar-refractivity contribution in [2.24, 2.45) is 4.99 Å². The van der Waals surface area contributed by atoms with E-state index < -0.39 is 0 Å². The van der Waals surface area contributed by atoms with Gasteiger partial charge in [0.25, 0.3) is 0 Å². The summed E-state index contributed by atoms with van der Waals surface area (Å²) >= 11 is 0. The summed E-state index contributed by atoms with van der Waals surface area (Å²) in [5.74, 6) is 0.958. The number of nitrogens with one attached hydrogen (secondary N) is 1. The number of piperidine rings is 1. The van der Waals surface area contributed by atoms with Crippen molar-refractivity contribution in [2.75, 3.05) is 19.6 Å². The monoisotopic (exact) mass is 317 g/mol. The summed E-state index contributed by atoms with van der Waals surface area (Å²) in [6, 6.07) is 8.76. The van der Waals surface area contributed by atoms with Crippen molar-refractivity contribution in [2.45, 2.75) is 58.6 Å². The lowest BCUT2D eigenvalue weighted by atomic mass is 9.87. The third kappa shape index (κ3) is 5.24. The summed E-state index contributed by atoms with van der Waals surface area (Å²) in [5, 5.41) is 13.0. The van der Waals surface area contributed by atoms with Crippen LogP contribution in [0, 0.1) is 0 Å². The molecule has 0 amide bonds. The summed E-state index contributed by atoms with van der Waals surface area (Å²) in [6.45, 7) is 12.1. The minimum absolute atomic E-state index is 0.154. The zero-order chi connectivity index (χ0) is 16.9. The fourth-order valence-electron chi connectivity index (χ4n) is 2.78. The van der Waals surface area contributed by atoms with E-state index >= 15 is 0 Å². The maximum atomic E-state index is 9.65. The minimum Gasteiger partial charge on any atom is -0.393 e. The molecule has 0 unspecified atom stereocenters. The molecule has 128 valence electrons. The third-order valence-corrected chi connectivity index (χ3v) is 4.33. The van der Waals surface area contributed by atoms with E-state index in [2.05, 4.69) is 62.2 Å². The lowest BCUT2D eigenvalue weighted by Gasteiger charge is -2.32. The molecular weight excluding hydrogens is 286 g/mol. The van der Waals surface area contributed by atoms with Gasteiger partial charge in [-0.25, -0.2) is 4.99 Å². The maximum Gasteiger partial charge on any atom is 0.194 e.